The fourth-order valence-electron chi connectivity index (χ4n) is 4.06. The summed E-state index contributed by atoms with van der Waals surface area (Å²) in [4.78, 5) is 27.1. The Morgan fingerprint density at radius 2 is 1.74 bits per heavy atom. The van der Waals surface area contributed by atoms with E-state index in [1.54, 1.807) is 41.5 Å². The molecule has 0 aromatic heterocycles. The van der Waals surface area contributed by atoms with Crippen molar-refractivity contribution in [3.63, 3.8) is 0 Å². The first-order valence-corrected chi connectivity index (χ1v) is 11.6. The number of carbonyl (C=O) groups excluding carboxylic acids is 2. The van der Waals surface area contributed by atoms with Crippen LogP contribution in [0.1, 0.15) is 61.0 Å². The maximum Gasteiger partial charge on any atom is 0.412 e. The van der Waals surface area contributed by atoms with Gasteiger partial charge in [0.05, 0.1) is 18.1 Å². The van der Waals surface area contributed by atoms with Crippen molar-refractivity contribution >= 4 is 12.0 Å². The monoisotopic (exact) mass is 484 g/mol. The molecule has 0 radical (unpaired) electrons. The van der Waals surface area contributed by atoms with E-state index in [1.165, 1.54) is 17.0 Å². The van der Waals surface area contributed by atoms with Crippen molar-refractivity contribution in [2.75, 3.05) is 6.54 Å². The van der Waals surface area contributed by atoms with Gasteiger partial charge in [0.15, 0.2) is 0 Å². The third kappa shape index (κ3) is 7.12. The Labute approximate surface area is 200 Å². The van der Waals surface area contributed by atoms with Crippen LogP contribution < -0.4 is 5.32 Å². The van der Waals surface area contributed by atoms with Crippen LogP contribution in [0.2, 0.25) is 0 Å². The molecule has 1 aromatic carbocycles. The Balaban J connectivity index is 2.42. The quantitative estimate of drug-likeness (QED) is 0.611. The average Bonchev–Trinajstić information content (AvgIpc) is 2.92. The molecule has 4 atom stereocenters. The Kier molecular flexibility index (Phi) is 8.69. The first kappa shape index (κ1) is 28.0. The van der Waals surface area contributed by atoms with Gasteiger partial charge in [-0.25, -0.2) is 13.6 Å². The lowest BCUT2D eigenvalue weighted by Crippen LogP contribution is -2.53. The zero-order chi connectivity index (χ0) is 26.0. The number of aliphatic hydroxyl groups is 1. The molecule has 1 aliphatic rings. The molecule has 1 saturated heterocycles. The van der Waals surface area contributed by atoms with Gasteiger partial charge in [-0.05, 0) is 64.7 Å². The molecular formula is C25H38F2N2O5. The number of benzene rings is 1. The molecule has 2 amide bonds. The second-order valence-electron chi connectivity index (χ2n) is 10.8. The fourth-order valence-corrected chi connectivity index (χ4v) is 4.06. The van der Waals surface area contributed by atoms with Gasteiger partial charge in [-0.3, -0.25) is 9.69 Å². The van der Waals surface area contributed by atoms with Gasteiger partial charge in [0.1, 0.15) is 29.1 Å². The second-order valence-corrected chi connectivity index (χ2v) is 10.8. The molecule has 0 unspecified atom stereocenters. The van der Waals surface area contributed by atoms with Crippen LogP contribution in [-0.2, 0) is 20.7 Å². The number of nitrogens with zero attached hydrogens (tertiary/aromatic N) is 1. The van der Waals surface area contributed by atoms with E-state index in [0.717, 1.165) is 6.07 Å². The predicted molar refractivity (Wildman–Crippen MR) is 124 cm³/mol. The molecule has 1 heterocycles. The zero-order valence-corrected chi connectivity index (χ0v) is 21.3. The van der Waals surface area contributed by atoms with E-state index < -0.39 is 53.2 Å². The van der Waals surface area contributed by atoms with E-state index in [2.05, 4.69) is 5.32 Å². The minimum atomic E-state index is -1.29. The Morgan fingerprint density at radius 3 is 2.24 bits per heavy atom. The van der Waals surface area contributed by atoms with Gasteiger partial charge in [-0.15, -0.1) is 0 Å². The Morgan fingerprint density at radius 1 is 1.18 bits per heavy atom. The number of nitrogens with one attached hydrogen (secondary N) is 1. The van der Waals surface area contributed by atoms with Gasteiger partial charge >= 0.3 is 6.09 Å². The van der Waals surface area contributed by atoms with Crippen molar-refractivity contribution in [1.29, 1.82) is 0 Å². The molecule has 1 aromatic rings. The van der Waals surface area contributed by atoms with Crippen molar-refractivity contribution < 1.29 is 33.0 Å². The minimum absolute atomic E-state index is 0.0145. The summed E-state index contributed by atoms with van der Waals surface area (Å²) in [6.07, 6.45) is -3.00. The van der Waals surface area contributed by atoms with E-state index >= 15 is 0 Å². The van der Waals surface area contributed by atoms with Crippen LogP contribution in [0.3, 0.4) is 0 Å². The van der Waals surface area contributed by atoms with E-state index in [-0.39, 0.29) is 23.8 Å². The summed E-state index contributed by atoms with van der Waals surface area (Å²) in [5.41, 5.74) is -1.73. The summed E-state index contributed by atoms with van der Waals surface area (Å²) in [5.74, 6) is -2.49. The first-order chi connectivity index (χ1) is 15.5. The highest BCUT2D eigenvalue weighted by molar-refractivity contribution is 5.79. The number of hydrogen-bond donors (Lipinski definition) is 2. The molecule has 1 fully saturated rings. The summed E-state index contributed by atoms with van der Waals surface area (Å²) >= 11 is 0. The predicted octanol–water partition coefficient (Wildman–Crippen LogP) is 4.02. The SMILES string of the molecule is CC(C)CNC(=O)[C@H](C)[C@@H](O)[C@@H]1OC(C)(C)N(C(=O)OC(C)(C)C)[C@H]1Cc1cc(F)cc(F)c1. The van der Waals surface area contributed by atoms with Crippen LogP contribution in [0.5, 0.6) is 0 Å². The first-order valence-electron chi connectivity index (χ1n) is 11.6. The number of aliphatic hydroxyl groups excluding tert-OH is 1. The Hall–Kier alpha value is -2.26. The largest absolute Gasteiger partial charge is 0.444 e. The van der Waals surface area contributed by atoms with Gasteiger partial charge in [0.2, 0.25) is 5.91 Å². The summed E-state index contributed by atoms with van der Waals surface area (Å²) in [5, 5.41) is 14.0. The maximum atomic E-state index is 13.9. The number of amides is 2. The highest BCUT2D eigenvalue weighted by Crippen LogP contribution is 2.38. The number of ether oxygens (including phenoxy) is 2. The van der Waals surface area contributed by atoms with Crippen LogP contribution in [0.15, 0.2) is 18.2 Å². The number of halogens is 2. The van der Waals surface area contributed by atoms with Crippen LogP contribution in [0.4, 0.5) is 13.6 Å². The second kappa shape index (κ2) is 10.6. The molecule has 0 aliphatic carbocycles. The standard InChI is InChI=1S/C25H38F2N2O5/c1-14(2)13-28-22(31)15(3)20(30)21-19(11-16-9-17(26)12-18(27)10-16)29(25(7,8)33-21)23(32)34-24(4,5)6/h9-10,12,14-15,19-21,30H,11,13H2,1-8H3,(H,28,31)/t15-,19+,20-,21-/m1/s1. The van der Waals surface area contributed by atoms with Crippen LogP contribution in [-0.4, -0.2) is 58.1 Å². The molecule has 7 nitrogen and oxygen atoms in total. The maximum absolute atomic E-state index is 13.9. The van der Waals surface area contributed by atoms with Gasteiger partial charge in [0.25, 0.3) is 0 Å². The molecule has 0 saturated carbocycles. The zero-order valence-electron chi connectivity index (χ0n) is 21.3. The fraction of sp³-hybridized carbons (Fsp3) is 0.680. The highest BCUT2D eigenvalue weighted by atomic mass is 19.1. The molecule has 192 valence electrons. The number of carbonyl (C=O) groups is 2. The lowest BCUT2D eigenvalue weighted by molar-refractivity contribution is -0.138. The van der Waals surface area contributed by atoms with Gasteiger partial charge in [-0.1, -0.05) is 20.8 Å². The molecule has 1 aliphatic heterocycles. The lowest BCUT2D eigenvalue weighted by Gasteiger charge is -2.35. The summed E-state index contributed by atoms with van der Waals surface area (Å²) in [6, 6.07) is 2.26. The molecule has 34 heavy (non-hydrogen) atoms. The third-order valence-corrected chi connectivity index (χ3v) is 5.62. The number of rotatable bonds is 7. The number of hydrogen-bond acceptors (Lipinski definition) is 5. The Bertz CT molecular complexity index is 864. The average molecular weight is 485 g/mol. The minimum Gasteiger partial charge on any atom is -0.444 e. The molecule has 2 rings (SSSR count). The normalized spacial score (nSPS) is 21.9. The van der Waals surface area contributed by atoms with Crippen molar-refractivity contribution in [2.24, 2.45) is 11.8 Å². The third-order valence-electron chi connectivity index (χ3n) is 5.62. The highest BCUT2D eigenvalue weighted by Gasteiger charge is 2.54. The van der Waals surface area contributed by atoms with Crippen LogP contribution >= 0.6 is 0 Å². The molecule has 0 bridgehead atoms. The summed E-state index contributed by atoms with van der Waals surface area (Å²) in [7, 11) is 0. The van der Waals surface area contributed by atoms with Gasteiger partial charge in [-0.2, -0.15) is 0 Å². The summed E-state index contributed by atoms with van der Waals surface area (Å²) < 4.78 is 39.5. The smallest absolute Gasteiger partial charge is 0.412 e. The molecule has 0 spiro atoms. The van der Waals surface area contributed by atoms with E-state index in [1.807, 2.05) is 13.8 Å². The van der Waals surface area contributed by atoms with Crippen LogP contribution in [0, 0.1) is 23.5 Å². The van der Waals surface area contributed by atoms with Crippen molar-refractivity contribution in [1.82, 2.24) is 10.2 Å². The van der Waals surface area contributed by atoms with Crippen molar-refractivity contribution in [3.8, 4) is 0 Å². The van der Waals surface area contributed by atoms with Crippen LogP contribution in [0.25, 0.3) is 0 Å². The van der Waals surface area contributed by atoms with Crippen molar-refractivity contribution in [2.45, 2.75) is 91.4 Å². The van der Waals surface area contributed by atoms with E-state index in [0.29, 0.717) is 6.54 Å². The van der Waals surface area contributed by atoms with Gasteiger partial charge in [0, 0.05) is 12.6 Å². The van der Waals surface area contributed by atoms with E-state index in [9.17, 15) is 23.5 Å². The van der Waals surface area contributed by atoms with Crippen molar-refractivity contribution in [3.05, 3.63) is 35.4 Å². The molecule has 9 heteroatoms. The topological polar surface area (TPSA) is 88.1 Å². The van der Waals surface area contributed by atoms with Gasteiger partial charge < -0.3 is 19.9 Å². The summed E-state index contributed by atoms with van der Waals surface area (Å²) in [6.45, 7) is 14.4. The van der Waals surface area contributed by atoms with E-state index in [4.69, 9.17) is 9.47 Å². The molecule has 2 N–H and O–H groups in total. The molecular weight excluding hydrogens is 446 g/mol. The lowest BCUT2D eigenvalue weighted by atomic mass is 9.90.